The molecule has 5 rings (SSSR count). The molecule has 8 nitrogen and oxygen atoms in total. The Morgan fingerprint density at radius 3 is 3.04 bits per heavy atom. The summed E-state index contributed by atoms with van der Waals surface area (Å²) in [6.45, 7) is 1.63. The maximum atomic E-state index is 5.99. The zero-order valence-electron chi connectivity index (χ0n) is 15.2. The Hall–Kier alpha value is -2.45. The minimum absolute atomic E-state index is 0.117. The van der Waals surface area contributed by atoms with E-state index in [4.69, 9.17) is 15.5 Å². The van der Waals surface area contributed by atoms with Crippen LogP contribution in [0.4, 0.5) is 11.9 Å². The quantitative estimate of drug-likeness (QED) is 0.641. The number of rotatable bonds is 3. The number of nitrogen functional groups attached to an aromatic ring is 1. The summed E-state index contributed by atoms with van der Waals surface area (Å²) < 4.78 is 5.85. The van der Waals surface area contributed by atoms with Crippen LogP contribution in [0.5, 0.6) is 5.75 Å². The van der Waals surface area contributed by atoms with E-state index < -0.39 is 0 Å². The van der Waals surface area contributed by atoms with Crippen LogP contribution in [0, 0.1) is 5.92 Å². The standard InChI is InChI=1S/C19H25N7O/c20-18-23-17(12-5-6-13-9-21-26-15(13)8-12)24-19(25-18)22-14-7-11-3-1-2-4-16(11)27-10-14/h1-4,12-15,21,26H,5-10H2,(H3,20,22,23,24,25). The average molecular weight is 367 g/mol. The number of nitrogens with two attached hydrogens (primary N) is 1. The van der Waals surface area contributed by atoms with E-state index >= 15 is 0 Å². The molecule has 0 amide bonds. The van der Waals surface area contributed by atoms with E-state index in [1.54, 1.807) is 0 Å². The van der Waals surface area contributed by atoms with Crippen molar-refractivity contribution in [3.63, 3.8) is 0 Å². The van der Waals surface area contributed by atoms with Gasteiger partial charge in [0, 0.05) is 18.5 Å². The Morgan fingerprint density at radius 1 is 1.15 bits per heavy atom. The third kappa shape index (κ3) is 3.42. The maximum Gasteiger partial charge on any atom is 0.228 e. The summed E-state index contributed by atoms with van der Waals surface area (Å²) in [6, 6.07) is 8.73. The molecule has 0 bridgehead atoms. The highest BCUT2D eigenvalue weighted by Gasteiger charge is 2.35. The van der Waals surface area contributed by atoms with Crippen molar-refractivity contribution in [2.45, 2.75) is 43.7 Å². The Morgan fingerprint density at radius 2 is 2.07 bits per heavy atom. The largest absolute Gasteiger partial charge is 0.491 e. The average Bonchev–Trinajstić information content (AvgIpc) is 3.15. The zero-order valence-corrected chi connectivity index (χ0v) is 15.2. The molecule has 1 aliphatic carbocycles. The van der Waals surface area contributed by atoms with Crippen molar-refractivity contribution >= 4 is 11.9 Å². The van der Waals surface area contributed by atoms with Gasteiger partial charge in [-0.25, -0.2) is 0 Å². The summed E-state index contributed by atoms with van der Waals surface area (Å²) in [7, 11) is 0. The number of ether oxygens (including phenoxy) is 1. The van der Waals surface area contributed by atoms with Gasteiger partial charge in [0.05, 0.1) is 6.04 Å². The van der Waals surface area contributed by atoms with Crippen molar-refractivity contribution in [1.82, 2.24) is 25.8 Å². The minimum Gasteiger partial charge on any atom is -0.491 e. The van der Waals surface area contributed by atoms with Gasteiger partial charge in [0.1, 0.15) is 18.2 Å². The Balaban J connectivity index is 1.31. The fourth-order valence-electron chi connectivity index (χ4n) is 4.47. The molecule has 1 saturated heterocycles. The molecule has 1 saturated carbocycles. The number of hydrogen-bond acceptors (Lipinski definition) is 8. The van der Waals surface area contributed by atoms with Gasteiger partial charge in [-0.3, -0.25) is 10.9 Å². The van der Waals surface area contributed by atoms with E-state index in [9.17, 15) is 0 Å². The lowest BCUT2D eigenvalue weighted by Gasteiger charge is -2.30. The molecule has 2 aromatic rings. The number of para-hydroxylation sites is 1. The highest BCUT2D eigenvalue weighted by Crippen LogP contribution is 2.36. The van der Waals surface area contributed by atoms with Crippen molar-refractivity contribution in [2.75, 3.05) is 24.2 Å². The van der Waals surface area contributed by atoms with Crippen LogP contribution in [0.1, 0.15) is 36.6 Å². The smallest absolute Gasteiger partial charge is 0.228 e. The third-order valence-electron chi connectivity index (χ3n) is 5.89. The Bertz CT molecular complexity index is 829. The van der Waals surface area contributed by atoms with E-state index in [1.165, 1.54) is 12.0 Å². The third-order valence-corrected chi connectivity index (χ3v) is 5.89. The highest BCUT2D eigenvalue weighted by atomic mass is 16.5. The summed E-state index contributed by atoms with van der Waals surface area (Å²) in [5.41, 5.74) is 13.8. The number of fused-ring (bicyclic) bond motifs is 2. The van der Waals surface area contributed by atoms with E-state index in [0.29, 0.717) is 30.4 Å². The summed E-state index contributed by atoms with van der Waals surface area (Å²) >= 11 is 0. The topological polar surface area (TPSA) is 110 Å². The molecule has 3 aliphatic rings. The normalized spacial score (nSPS) is 29.5. The fourth-order valence-corrected chi connectivity index (χ4v) is 4.47. The van der Waals surface area contributed by atoms with Gasteiger partial charge in [-0.1, -0.05) is 18.2 Å². The van der Waals surface area contributed by atoms with Gasteiger partial charge in [-0.15, -0.1) is 0 Å². The predicted octanol–water partition coefficient (Wildman–Crippen LogP) is 1.23. The van der Waals surface area contributed by atoms with Crippen molar-refractivity contribution in [3.8, 4) is 5.75 Å². The monoisotopic (exact) mass is 367 g/mol. The van der Waals surface area contributed by atoms with E-state index in [-0.39, 0.29) is 12.0 Å². The predicted molar refractivity (Wildman–Crippen MR) is 102 cm³/mol. The molecule has 2 fully saturated rings. The molecule has 142 valence electrons. The van der Waals surface area contributed by atoms with Crippen molar-refractivity contribution in [1.29, 1.82) is 0 Å². The van der Waals surface area contributed by atoms with Crippen molar-refractivity contribution in [3.05, 3.63) is 35.7 Å². The first kappa shape index (κ1) is 16.7. The second kappa shape index (κ2) is 6.94. The number of hydrogen-bond donors (Lipinski definition) is 4. The van der Waals surface area contributed by atoms with Crippen LogP contribution in [-0.2, 0) is 6.42 Å². The molecule has 0 spiro atoms. The molecular formula is C19H25N7O. The van der Waals surface area contributed by atoms with Crippen LogP contribution < -0.4 is 26.6 Å². The lowest BCUT2D eigenvalue weighted by atomic mass is 9.79. The molecule has 1 aromatic carbocycles. The molecule has 4 unspecified atom stereocenters. The van der Waals surface area contributed by atoms with Gasteiger partial charge in [-0.05, 0) is 43.2 Å². The Labute approximate surface area is 158 Å². The molecule has 2 aliphatic heterocycles. The van der Waals surface area contributed by atoms with Crippen LogP contribution in [0.25, 0.3) is 0 Å². The van der Waals surface area contributed by atoms with E-state index in [2.05, 4.69) is 32.2 Å². The number of aromatic nitrogens is 3. The SMILES string of the molecule is Nc1nc(NC2COc3ccccc3C2)nc(C2CCC3CNNC3C2)n1. The molecule has 4 atom stereocenters. The lowest BCUT2D eigenvalue weighted by molar-refractivity contribution is 0.272. The van der Waals surface area contributed by atoms with Crippen molar-refractivity contribution in [2.24, 2.45) is 5.92 Å². The lowest BCUT2D eigenvalue weighted by Crippen LogP contribution is -2.36. The van der Waals surface area contributed by atoms with Crippen LogP contribution in [0.3, 0.4) is 0 Å². The van der Waals surface area contributed by atoms with E-state index in [1.807, 2.05) is 18.2 Å². The van der Waals surface area contributed by atoms with Gasteiger partial charge in [0.25, 0.3) is 0 Å². The van der Waals surface area contributed by atoms with Gasteiger partial charge in [0.15, 0.2) is 0 Å². The van der Waals surface area contributed by atoms with Crippen LogP contribution in [0.15, 0.2) is 24.3 Å². The van der Waals surface area contributed by atoms with Crippen molar-refractivity contribution < 1.29 is 4.74 Å². The summed E-state index contributed by atoms with van der Waals surface area (Å²) in [4.78, 5) is 13.4. The number of nitrogens with zero attached hydrogens (tertiary/aromatic N) is 3. The van der Waals surface area contributed by atoms with Gasteiger partial charge < -0.3 is 15.8 Å². The molecule has 5 N–H and O–H groups in total. The molecule has 1 aromatic heterocycles. The first-order valence-electron chi connectivity index (χ1n) is 9.71. The first-order chi connectivity index (χ1) is 13.2. The zero-order chi connectivity index (χ0) is 18.2. The van der Waals surface area contributed by atoms with Gasteiger partial charge in [-0.2, -0.15) is 15.0 Å². The maximum absolute atomic E-state index is 5.99. The number of hydrazine groups is 1. The highest BCUT2D eigenvalue weighted by molar-refractivity contribution is 5.39. The molecular weight excluding hydrogens is 342 g/mol. The number of benzene rings is 1. The molecule has 0 radical (unpaired) electrons. The fraction of sp³-hybridized carbons (Fsp3) is 0.526. The van der Waals surface area contributed by atoms with Crippen LogP contribution >= 0.6 is 0 Å². The number of anilines is 2. The summed E-state index contributed by atoms with van der Waals surface area (Å²) in [5, 5.41) is 3.39. The first-order valence-corrected chi connectivity index (χ1v) is 9.71. The minimum atomic E-state index is 0.117. The van der Waals surface area contributed by atoms with Gasteiger partial charge >= 0.3 is 0 Å². The molecule has 27 heavy (non-hydrogen) atoms. The summed E-state index contributed by atoms with van der Waals surface area (Å²) in [6.07, 6.45) is 4.17. The second-order valence-electron chi connectivity index (χ2n) is 7.74. The van der Waals surface area contributed by atoms with Gasteiger partial charge in [0.2, 0.25) is 11.9 Å². The molecule has 3 heterocycles. The van der Waals surface area contributed by atoms with Crippen LogP contribution in [0.2, 0.25) is 0 Å². The summed E-state index contributed by atoms with van der Waals surface area (Å²) in [5.74, 6) is 3.60. The second-order valence-corrected chi connectivity index (χ2v) is 7.74. The number of nitrogens with one attached hydrogen (secondary N) is 3. The Kier molecular flexibility index (Phi) is 4.29. The van der Waals surface area contributed by atoms with Crippen LogP contribution in [-0.4, -0.2) is 40.2 Å². The molecule has 8 heteroatoms. The van der Waals surface area contributed by atoms with E-state index in [0.717, 1.165) is 37.4 Å².